The first-order valence-electron chi connectivity index (χ1n) is 8.34. The van der Waals surface area contributed by atoms with Crippen LogP contribution in [0.4, 0.5) is 10.5 Å². The Morgan fingerprint density at radius 3 is 2.64 bits per heavy atom. The lowest BCUT2D eigenvalue weighted by Crippen LogP contribution is -2.13. The molecule has 0 aliphatic heterocycles. The fourth-order valence-electron chi connectivity index (χ4n) is 2.24. The van der Waals surface area contributed by atoms with Crippen LogP contribution in [-0.2, 0) is 16.1 Å². The summed E-state index contributed by atoms with van der Waals surface area (Å²) >= 11 is 3.38. The van der Waals surface area contributed by atoms with Gasteiger partial charge >= 0.3 is 12.1 Å². The minimum Gasteiger partial charge on any atom is -0.452 e. The molecule has 0 aliphatic rings. The second-order valence-electron chi connectivity index (χ2n) is 5.52. The Morgan fingerprint density at radius 2 is 1.93 bits per heavy atom. The zero-order valence-electron chi connectivity index (χ0n) is 14.8. The number of rotatable bonds is 6. The van der Waals surface area contributed by atoms with Crippen LogP contribution in [0.25, 0.3) is 11.4 Å². The van der Waals surface area contributed by atoms with E-state index in [-0.39, 0.29) is 19.1 Å². The number of nitrogens with zero attached hydrogens (tertiary/aromatic N) is 2. The van der Waals surface area contributed by atoms with Crippen molar-refractivity contribution in [2.24, 2.45) is 0 Å². The van der Waals surface area contributed by atoms with Gasteiger partial charge in [0.15, 0.2) is 6.61 Å². The van der Waals surface area contributed by atoms with Crippen molar-refractivity contribution in [3.63, 3.8) is 0 Å². The fraction of sp³-hybridized carbons (Fsp3) is 0.158. The molecule has 1 N–H and O–H groups in total. The monoisotopic (exact) mass is 445 g/mol. The maximum Gasteiger partial charge on any atom is 0.411 e. The van der Waals surface area contributed by atoms with Crippen molar-refractivity contribution >= 4 is 33.7 Å². The molecule has 3 rings (SSSR count). The van der Waals surface area contributed by atoms with Crippen LogP contribution >= 0.6 is 15.9 Å². The Morgan fingerprint density at radius 1 is 1.14 bits per heavy atom. The summed E-state index contributed by atoms with van der Waals surface area (Å²) in [5.41, 5.74) is 1.60. The summed E-state index contributed by atoms with van der Waals surface area (Å²) in [5.74, 6) is 0.0376. The highest BCUT2D eigenvalue weighted by atomic mass is 79.9. The van der Waals surface area contributed by atoms with Crippen molar-refractivity contribution in [2.75, 3.05) is 11.9 Å². The van der Waals surface area contributed by atoms with Crippen LogP contribution < -0.4 is 5.32 Å². The lowest BCUT2D eigenvalue weighted by atomic mass is 10.2. The van der Waals surface area contributed by atoms with E-state index in [4.69, 9.17) is 14.0 Å². The van der Waals surface area contributed by atoms with E-state index < -0.39 is 12.1 Å². The third kappa shape index (κ3) is 5.17. The summed E-state index contributed by atoms with van der Waals surface area (Å²) in [4.78, 5) is 27.7. The molecule has 2 aromatic carbocycles. The van der Waals surface area contributed by atoms with Crippen molar-refractivity contribution in [1.82, 2.24) is 10.1 Å². The van der Waals surface area contributed by atoms with Crippen molar-refractivity contribution in [3.8, 4) is 11.4 Å². The minimum absolute atomic E-state index is 0.150. The van der Waals surface area contributed by atoms with Crippen molar-refractivity contribution < 1.29 is 23.6 Å². The molecule has 0 fully saturated rings. The molecule has 0 saturated heterocycles. The molecule has 3 aromatic rings. The number of hydrogen-bond donors (Lipinski definition) is 1. The Hall–Kier alpha value is -3.20. The molecule has 0 atom stereocenters. The minimum atomic E-state index is -0.560. The number of carbonyl (C=O) groups excluding carboxylic acids is 2. The van der Waals surface area contributed by atoms with E-state index in [9.17, 15) is 9.59 Å². The topological polar surface area (TPSA) is 104 Å². The molecule has 1 amide bonds. The highest BCUT2D eigenvalue weighted by Crippen LogP contribution is 2.20. The lowest BCUT2D eigenvalue weighted by molar-refractivity contribution is 0.0430. The summed E-state index contributed by atoms with van der Waals surface area (Å²) in [5, 5.41) is 6.42. The summed E-state index contributed by atoms with van der Waals surface area (Å²) < 4.78 is 16.0. The van der Waals surface area contributed by atoms with Crippen LogP contribution in [0.2, 0.25) is 0 Å². The maximum atomic E-state index is 12.1. The van der Waals surface area contributed by atoms with Crippen molar-refractivity contribution in [1.29, 1.82) is 0 Å². The summed E-state index contributed by atoms with van der Waals surface area (Å²) in [6, 6.07) is 13.7. The van der Waals surface area contributed by atoms with E-state index in [2.05, 4.69) is 31.4 Å². The second-order valence-corrected chi connectivity index (χ2v) is 6.44. The average molecular weight is 446 g/mol. The molecular weight excluding hydrogens is 430 g/mol. The summed E-state index contributed by atoms with van der Waals surface area (Å²) in [7, 11) is 0. The highest BCUT2D eigenvalue weighted by Gasteiger charge is 2.13. The molecular formula is C19H16BrN3O5. The molecule has 8 nitrogen and oxygen atoms in total. The smallest absolute Gasteiger partial charge is 0.411 e. The van der Waals surface area contributed by atoms with Gasteiger partial charge in [-0.1, -0.05) is 33.2 Å². The average Bonchev–Trinajstić information content (AvgIpc) is 3.16. The number of ether oxygens (including phenoxy) is 2. The van der Waals surface area contributed by atoms with Gasteiger partial charge in [-0.2, -0.15) is 4.98 Å². The molecule has 0 aliphatic carbocycles. The molecule has 1 heterocycles. The molecule has 0 unspecified atom stereocenters. The molecule has 9 heteroatoms. The number of nitrogens with one attached hydrogen (secondary N) is 1. The summed E-state index contributed by atoms with van der Waals surface area (Å²) in [6.07, 6.45) is -0.560. The predicted octanol–water partition coefficient (Wildman–Crippen LogP) is 4.42. The van der Waals surface area contributed by atoms with Gasteiger partial charge in [-0.05, 0) is 43.3 Å². The second kappa shape index (κ2) is 9.14. The number of hydrogen-bond acceptors (Lipinski definition) is 7. The third-order valence-electron chi connectivity index (χ3n) is 3.52. The fourth-order valence-corrected chi connectivity index (χ4v) is 2.64. The maximum absolute atomic E-state index is 12.1. The standard InChI is InChI=1S/C19H16BrN3O5/c1-2-26-19(25)21-15-8-6-12(7-9-15)18(24)27-11-16-22-17(23-28-16)13-4-3-5-14(20)10-13/h3-10H,2,11H2,1H3,(H,21,25). The zero-order valence-corrected chi connectivity index (χ0v) is 16.4. The van der Waals surface area contributed by atoms with Gasteiger partial charge in [0.25, 0.3) is 5.89 Å². The van der Waals surface area contributed by atoms with Gasteiger partial charge in [-0.25, -0.2) is 9.59 Å². The van der Waals surface area contributed by atoms with Gasteiger partial charge in [-0.15, -0.1) is 0 Å². The normalized spacial score (nSPS) is 10.4. The Kier molecular flexibility index (Phi) is 6.38. The van der Waals surface area contributed by atoms with E-state index in [0.717, 1.165) is 10.0 Å². The van der Waals surface area contributed by atoms with Crippen LogP contribution in [-0.4, -0.2) is 28.8 Å². The largest absolute Gasteiger partial charge is 0.452 e. The van der Waals surface area contributed by atoms with Crippen LogP contribution in [0.5, 0.6) is 0 Å². The Bertz CT molecular complexity index is 972. The summed E-state index contributed by atoms with van der Waals surface area (Å²) in [6.45, 7) is 1.83. The molecule has 0 bridgehead atoms. The van der Waals surface area contributed by atoms with E-state index in [1.54, 1.807) is 19.1 Å². The van der Waals surface area contributed by atoms with Crippen LogP contribution in [0.3, 0.4) is 0 Å². The molecule has 28 heavy (non-hydrogen) atoms. The Balaban J connectivity index is 1.56. The van der Waals surface area contributed by atoms with E-state index in [0.29, 0.717) is 17.1 Å². The first kappa shape index (κ1) is 19.6. The van der Waals surface area contributed by atoms with E-state index in [1.165, 1.54) is 12.1 Å². The van der Waals surface area contributed by atoms with E-state index >= 15 is 0 Å². The number of anilines is 1. The van der Waals surface area contributed by atoms with Gasteiger partial charge in [0.05, 0.1) is 12.2 Å². The first-order valence-corrected chi connectivity index (χ1v) is 9.14. The lowest BCUT2D eigenvalue weighted by Gasteiger charge is -2.06. The number of halogens is 1. The number of carbonyl (C=O) groups is 2. The van der Waals surface area contributed by atoms with Crippen LogP contribution in [0, 0.1) is 0 Å². The first-order chi connectivity index (χ1) is 13.5. The van der Waals surface area contributed by atoms with Crippen molar-refractivity contribution in [3.05, 3.63) is 64.5 Å². The number of amides is 1. The quantitative estimate of drug-likeness (QED) is 0.559. The SMILES string of the molecule is CCOC(=O)Nc1ccc(C(=O)OCc2nc(-c3cccc(Br)c3)no2)cc1. The zero-order chi connectivity index (χ0) is 19.9. The Labute approximate surface area is 169 Å². The van der Waals surface area contributed by atoms with Gasteiger partial charge in [-0.3, -0.25) is 5.32 Å². The molecule has 0 saturated carbocycles. The van der Waals surface area contributed by atoms with Crippen LogP contribution in [0.1, 0.15) is 23.2 Å². The predicted molar refractivity (Wildman–Crippen MR) is 104 cm³/mol. The molecule has 144 valence electrons. The number of esters is 1. The number of benzene rings is 2. The molecule has 0 spiro atoms. The molecule has 1 aromatic heterocycles. The van der Waals surface area contributed by atoms with Crippen LogP contribution in [0.15, 0.2) is 57.5 Å². The number of aromatic nitrogens is 2. The van der Waals surface area contributed by atoms with Gasteiger partial charge in [0.2, 0.25) is 5.82 Å². The highest BCUT2D eigenvalue weighted by molar-refractivity contribution is 9.10. The van der Waals surface area contributed by atoms with Gasteiger partial charge in [0.1, 0.15) is 0 Å². The third-order valence-corrected chi connectivity index (χ3v) is 4.01. The van der Waals surface area contributed by atoms with Gasteiger partial charge < -0.3 is 14.0 Å². The van der Waals surface area contributed by atoms with Crippen molar-refractivity contribution in [2.45, 2.75) is 13.5 Å². The molecule has 0 radical (unpaired) electrons. The van der Waals surface area contributed by atoms with E-state index in [1.807, 2.05) is 24.3 Å². The van der Waals surface area contributed by atoms with Gasteiger partial charge in [0, 0.05) is 15.7 Å².